The number of ether oxygens (including phenoxy) is 1. The number of hydrogen-bond donors (Lipinski definition) is 1. The molecule has 1 saturated heterocycles. The summed E-state index contributed by atoms with van der Waals surface area (Å²) in [6.45, 7) is 1.93. The van der Waals surface area contributed by atoms with Gasteiger partial charge in [0.05, 0.1) is 6.10 Å². The first-order valence-electron chi connectivity index (χ1n) is 4.34. The van der Waals surface area contributed by atoms with Crippen LogP contribution in [0.15, 0.2) is 12.2 Å². The van der Waals surface area contributed by atoms with Gasteiger partial charge in [-0.15, -0.1) is 0 Å². The maximum Gasteiger partial charge on any atom is 0.0610 e. The first-order chi connectivity index (χ1) is 5.43. The Balaban J connectivity index is 2.01. The van der Waals surface area contributed by atoms with Gasteiger partial charge in [-0.3, -0.25) is 0 Å². The van der Waals surface area contributed by atoms with Crippen molar-refractivity contribution in [1.82, 2.24) is 5.32 Å². The lowest BCUT2D eigenvalue weighted by Gasteiger charge is -2.03. The molecule has 0 aliphatic carbocycles. The molecule has 1 aliphatic heterocycles. The molecule has 0 spiro atoms. The summed E-state index contributed by atoms with van der Waals surface area (Å²) in [4.78, 5) is 0. The molecule has 0 amide bonds. The monoisotopic (exact) mass is 155 g/mol. The Labute approximate surface area is 68.6 Å². The minimum Gasteiger partial charge on any atom is -0.378 e. The summed E-state index contributed by atoms with van der Waals surface area (Å²) in [5.74, 6) is 0. The summed E-state index contributed by atoms with van der Waals surface area (Å²) in [7, 11) is 1.95. The lowest BCUT2D eigenvalue weighted by atomic mass is 10.2. The zero-order valence-corrected chi connectivity index (χ0v) is 7.18. The summed E-state index contributed by atoms with van der Waals surface area (Å²) in [5, 5.41) is 3.07. The number of nitrogens with one attached hydrogen (secondary N) is 1. The summed E-state index contributed by atoms with van der Waals surface area (Å²) in [5.41, 5.74) is 0. The lowest BCUT2D eigenvalue weighted by Crippen LogP contribution is -2.05. The molecule has 0 radical (unpaired) electrons. The highest BCUT2D eigenvalue weighted by molar-refractivity contribution is 4.86. The van der Waals surface area contributed by atoms with Gasteiger partial charge in [0.15, 0.2) is 0 Å². The molecule has 64 valence electrons. The molecule has 0 aromatic heterocycles. The van der Waals surface area contributed by atoms with Crippen molar-refractivity contribution in [2.24, 2.45) is 0 Å². The molecule has 2 nitrogen and oxygen atoms in total. The van der Waals surface area contributed by atoms with E-state index in [4.69, 9.17) is 4.74 Å². The van der Waals surface area contributed by atoms with Gasteiger partial charge < -0.3 is 10.1 Å². The maximum atomic E-state index is 5.46. The Hall–Kier alpha value is -0.340. The van der Waals surface area contributed by atoms with Crippen LogP contribution >= 0.6 is 0 Å². The van der Waals surface area contributed by atoms with Gasteiger partial charge in [0.25, 0.3) is 0 Å². The molecule has 1 aliphatic rings. The van der Waals surface area contributed by atoms with Gasteiger partial charge in [0.1, 0.15) is 0 Å². The average Bonchev–Trinajstić information content (AvgIpc) is 2.50. The standard InChI is InChI=1S/C9H17NO/c1-10-7-3-2-5-9-6-4-8-11-9/h2-3,9-10H,4-8H2,1H3/b3-2-. The topological polar surface area (TPSA) is 21.3 Å². The molecule has 1 unspecified atom stereocenters. The molecule has 0 aromatic carbocycles. The minimum absolute atomic E-state index is 0.503. The molecule has 11 heavy (non-hydrogen) atoms. The first-order valence-corrected chi connectivity index (χ1v) is 4.34. The predicted octanol–water partition coefficient (Wildman–Crippen LogP) is 1.33. The Morgan fingerprint density at radius 3 is 3.09 bits per heavy atom. The largest absolute Gasteiger partial charge is 0.378 e. The van der Waals surface area contributed by atoms with E-state index in [1.54, 1.807) is 0 Å². The molecule has 1 rings (SSSR count). The van der Waals surface area contributed by atoms with Gasteiger partial charge in [-0.25, -0.2) is 0 Å². The second-order valence-corrected chi connectivity index (χ2v) is 2.90. The van der Waals surface area contributed by atoms with Crippen LogP contribution in [-0.4, -0.2) is 26.3 Å². The van der Waals surface area contributed by atoms with E-state index in [1.165, 1.54) is 12.8 Å². The van der Waals surface area contributed by atoms with E-state index in [9.17, 15) is 0 Å². The molecule has 0 bridgehead atoms. The molecule has 1 N–H and O–H groups in total. The van der Waals surface area contributed by atoms with E-state index >= 15 is 0 Å². The van der Waals surface area contributed by atoms with Gasteiger partial charge in [-0.1, -0.05) is 12.2 Å². The molecule has 1 fully saturated rings. The maximum absolute atomic E-state index is 5.46. The number of rotatable bonds is 4. The normalized spacial score (nSPS) is 25.0. The van der Waals surface area contributed by atoms with E-state index < -0.39 is 0 Å². The van der Waals surface area contributed by atoms with Crippen molar-refractivity contribution in [2.45, 2.75) is 25.4 Å². The van der Waals surface area contributed by atoms with E-state index in [0.29, 0.717) is 6.10 Å². The van der Waals surface area contributed by atoms with Crippen molar-refractivity contribution in [2.75, 3.05) is 20.2 Å². The van der Waals surface area contributed by atoms with Crippen LogP contribution in [-0.2, 0) is 4.74 Å². The number of hydrogen-bond acceptors (Lipinski definition) is 2. The van der Waals surface area contributed by atoms with Crippen molar-refractivity contribution >= 4 is 0 Å². The third-order valence-corrected chi connectivity index (χ3v) is 1.91. The Morgan fingerprint density at radius 1 is 1.55 bits per heavy atom. The second-order valence-electron chi connectivity index (χ2n) is 2.90. The van der Waals surface area contributed by atoms with Crippen LogP contribution in [0.5, 0.6) is 0 Å². The van der Waals surface area contributed by atoms with E-state index in [1.807, 2.05) is 7.05 Å². The zero-order chi connectivity index (χ0) is 7.94. The molecule has 0 aromatic rings. The van der Waals surface area contributed by atoms with Crippen molar-refractivity contribution in [1.29, 1.82) is 0 Å². The second kappa shape index (κ2) is 5.33. The molecule has 1 atom stereocenters. The Kier molecular flexibility index (Phi) is 4.24. The summed E-state index contributed by atoms with van der Waals surface area (Å²) in [6, 6.07) is 0. The third-order valence-electron chi connectivity index (χ3n) is 1.91. The fraction of sp³-hybridized carbons (Fsp3) is 0.778. The molecule has 1 heterocycles. The van der Waals surface area contributed by atoms with Crippen LogP contribution in [0.3, 0.4) is 0 Å². The minimum atomic E-state index is 0.503. The van der Waals surface area contributed by atoms with E-state index in [-0.39, 0.29) is 0 Å². The van der Waals surface area contributed by atoms with Gasteiger partial charge in [-0.2, -0.15) is 0 Å². The summed E-state index contributed by atoms with van der Waals surface area (Å²) < 4.78 is 5.46. The molecule has 2 heteroatoms. The molecular weight excluding hydrogens is 138 g/mol. The Morgan fingerprint density at radius 2 is 2.45 bits per heavy atom. The van der Waals surface area contributed by atoms with Crippen LogP contribution in [0.1, 0.15) is 19.3 Å². The van der Waals surface area contributed by atoms with Crippen LogP contribution in [0.25, 0.3) is 0 Å². The van der Waals surface area contributed by atoms with Crippen molar-refractivity contribution < 1.29 is 4.74 Å². The van der Waals surface area contributed by atoms with E-state index in [0.717, 1.165) is 19.6 Å². The molecule has 0 saturated carbocycles. The van der Waals surface area contributed by atoms with Crippen LogP contribution in [0.4, 0.5) is 0 Å². The lowest BCUT2D eigenvalue weighted by molar-refractivity contribution is 0.113. The van der Waals surface area contributed by atoms with Gasteiger partial charge in [-0.05, 0) is 26.3 Å². The van der Waals surface area contributed by atoms with Gasteiger partial charge in [0, 0.05) is 13.2 Å². The SMILES string of the molecule is CNC/C=C\CC1CCCO1. The summed E-state index contributed by atoms with van der Waals surface area (Å²) >= 11 is 0. The van der Waals surface area contributed by atoms with Crippen LogP contribution in [0.2, 0.25) is 0 Å². The van der Waals surface area contributed by atoms with Crippen molar-refractivity contribution in [3.8, 4) is 0 Å². The zero-order valence-electron chi connectivity index (χ0n) is 7.18. The molecular formula is C9H17NO. The highest BCUT2D eigenvalue weighted by atomic mass is 16.5. The average molecular weight is 155 g/mol. The predicted molar refractivity (Wildman–Crippen MR) is 46.7 cm³/mol. The first kappa shape index (κ1) is 8.75. The highest BCUT2D eigenvalue weighted by Crippen LogP contribution is 2.15. The Bertz CT molecular complexity index is 117. The third kappa shape index (κ3) is 3.54. The fourth-order valence-corrected chi connectivity index (χ4v) is 1.28. The highest BCUT2D eigenvalue weighted by Gasteiger charge is 2.12. The number of likely N-dealkylation sites (N-methyl/N-ethyl adjacent to an activating group) is 1. The quantitative estimate of drug-likeness (QED) is 0.618. The van der Waals surface area contributed by atoms with Gasteiger partial charge >= 0.3 is 0 Å². The summed E-state index contributed by atoms with van der Waals surface area (Å²) in [6.07, 6.45) is 8.42. The van der Waals surface area contributed by atoms with E-state index in [2.05, 4.69) is 17.5 Å². The van der Waals surface area contributed by atoms with Gasteiger partial charge in [0.2, 0.25) is 0 Å². The van der Waals surface area contributed by atoms with Crippen LogP contribution < -0.4 is 5.32 Å². The van der Waals surface area contributed by atoms with Crippen molar-refractivity contribution in [3.05, 3.63) is 12.2 Å². The fourth-order valence-electron chi connectivity index (χ4n) is 1.28. The van der Waals surface area contributed by atoms with Crippen molar-refractivity contribution in [3.63, 3.8) is 0 Å². The van der Waals surface area contributed by atoms with Crippen LogP contribution in [0, 0.1) is 0 Å². The smallest absolute Gasteiger partial charge is 0.0610 e.